The van der Waals surface area contributed by atoms with E-state index in [1.807, 2.05) is 43.3 Å². The van der Waals surface area contributed by atoms with Gasteiger partial charge < -0.3 is 5.11 Å². The number of carboxylic acid groups (broad SMARTS) is 1. The molecule has 0 saturated carbocycles. The summed E-state index contributed by atoms with van der Waals surface area (Å²) in [5.74, 6) is -1.09. The first-order valence-electron chi connectivity index (χ1n) is 5.22. The van der Waals surface area contributed by atoms with Gasteiger partial charge in [-0.1, -0.05) is 46.3 Å². The Labute approximate surface area is 104 Å². The van der Waals surface area contributed by atoms with Gasteiger partial charge in [0.2, 0.25) is 0 Å². The highest BCUT2D eigenvalue weighted by molar-refractivity contribution is 9.10. The molecule has 86 valence electrons. The Bertz CT molecular complexity index is 385. The van der Waals surface area contributed by atoms with Crippen LogP contribution in [0.5, 0.6) is 0 Å². The van der Waals surface area contributed by atoms with Crippen molar-refractivity contribution in [2.45, 2.75) is 19.8 Å². The fourth-order valence-electron chi connectivity index (χ4n) is 1.50. The first-order chi connectivity index (χ1) is 7.65. The molecule has 1 N–H and O–H groups in total. The third kappa shape index (κ3) is 3.81. The van der Waals surface area contributed by atoms with E-state index in [9.17, 15) is 4.79 Å². The summed E-state index contributed by atoms with van der Waals surface area (Å²) in [5.41, 5.74) is 1.04. The van der Waals surface area contributed by atoms with Crippen molar-refractivity contribution < 1.29 is 9.90 Å². The Balaban J connectivity index is 2.75. The predicted octanol–water partition coefficient (Wildman–Crippen LogP) is 3.66. The quantitative estimate of drug-likeness (QED) is 0.837. The Hall–Kier alpha value is -1.09. The molecule has 1 aromatic rings. The van der Waals surface area contributed by atoms with Crippen molar-refractivity contribution in [2.75, 3.05) is 0 Å². The van der Waals surface area contributed by atoms with Gasteiger partial charge in [0.05, 0.1) is 5.92 Å². The number of hydrogen-bond donors (Lipinski definition) is 1. The Morgan fingerprint density at radius 2 is 2.19 bits per heavy atom. The van der Waals surface area contributed by atoms with Crippen molar-refractivity contribution >= 4 is 21.9 Å². The number of carboxylic acids is 1. The Morgan fingerprint density at radius 1 is 1.50 bits per heavy atom. The maximum atomic E-state index is 11.1. The van der Waals surface area contributed by atoms with Crippen LogP contribution in [0.4, 0.5) is 0 Å². The predicted molar refractivity (Wildman–Crippen MR) is 68.4 cm³/mol. The van der Waals surface area contributed by atoms with E-state index in [4.69, 9.17) is 5.11 Å². The van der Waals surface area contributed by atoms with Gasteiger partial charge in [0, 0.05) is 4.47 Å². The van der Waals surface area contributed by atoms with Gasteiger partial charge in [-0.15, -0.1) is 0 Å². The second-order valence-electron chi connectivity index (χ2n) is 3.64. The molecule has 0 aromatic heterocycles. The second-order valence-corrected chi connectivity index (χ2v) is 4.49. The first kappa shape index (κ1) is 13.0. The van der Waals surface area contributed by atoms with Crippen molar-refractivity contribution in [3.8, 4) is 0 Å². The van der Waals surface area contributed by atoms with Crippen LogP contribution in [0.3, 0.4) is 0 Å². The molecule has 3 heteroatoms. The van der Waals surface area contributed by atoms with Gasteiger partial charge >= 0.3 is 5.97 Å². The smallest absolute Gasteiger partial charge is 0.307 e. The van der Waals surface area contributed by atoms with E-state index < -0.39 is 5.97 Å². The van der Waals surface area contributed by atoms with Crippen LogP contribution in [0, 0.1) is 5.92 Å². The van der Waals surface area contributed by atoms with Gasteiger partial charge in [-0.3, -0.25) is 4.79 Å². The summed E-state index contributed by atoms with van der Waals surface area (Å²) in [6, 6.07) is 7.74. The van der Waals surface area contributed by atoms with Crippen molar-refractivity contribution in [1.29, 1.82) is 0 Å². The number of carbonyl (C=O) groups is 1. The molecular weight excluding hydrogens is 268 g/mol. The molecule has 1 unspecified atom stereocenters. The highest BCUT2D eigenvalue weighted by Crippen LogP contribution is 2.21. The van der Waals surface area contributed by atoms with Crippen LogP contribution in [0.25, 0.3) is 0 Å². The summed E-state index contributed by atoms with van der Waals surface area (Å²) in [6.07, 6.45) is 4.92. The zero-order chi connectivity index (χ0) is 12.0. The lowest BCUT2D eigenvalue weighted by Crippen LogP contribution is -2.15. The second kappa shape index (κ2) is 6.48. The zero-order valence-corrected chi connectivity index (χ0v) is 10.8. The van der Waals surface area contributed by atoms with Gasteiger partial charge in [0.15, 0.2) is 0 Å². The SMILES string of the molecule is CC=CCC(Cc1ccccc1Br)C(=O)O. The Kier molecular flexibility index (Phi) is 5.26. The standard InChI is InChI=1S/C13H15BrO2/c1-2-3-6-11(13(15)16)9-10-7-4-5-8-12(10)14/h2-5,7-8,11H,6,9H2,1H3,(H,15,16). The van der Waals surface area contributed by atoms with Gasteiger partial charge in [0.1, 0.15) is 0 Å². The van der Waals surface area contributed by atoms with Gasteiger partial charge in [0.25, 0.3) is 0 Å². The highest BCUT2D eigenvalue weighted by Gasteiger charge is 2.17. The number of halogens is 1. The highest BCUT2D eigenvalue weighted by atomic mass is 79.9. The molecule has 0 aliphatic carbocycles. The lowest BCUT2D eigenvalue weighted by molar-refractivity contribution is -0.141. The average Bonchev–Trinajstić information content (AvgIpc) is 2.26. The van der Waals surface area contributed by atoms with Crippen LogP contribution in [-0.4, -0.2) is 11.1 Å². The average molecular weight is 283 g/mol. The van der Waals surface area contributed by atoms with E-state index in [2.05, 4.69) is 15.9 Å². The molecule has 0 bridgehead atoms. The molecule has 1 aromatic carbocycles. The number of rotatable bonds is 5. The van der Waals surface area contributed by atoms with Gasteiger partial charge in [-0.2, -0.15) is 0 Å². The van der Waals surface area contributed by atoms with Gasteiger partial charge in [-0.25, -0.2) is 0 Å². The number of aliphatic carboxylic acids is 1. The first-order valence-corrected chi connectivity index (χ1v) is 6.01. The fourth-order valence-corrected chi connectivity index (χ4v) is 1.95. The van der Waals surface area contributed by atoms with E-state index in [0.29, 0.717) is 12.8 Å². The minimum atomic E-state index is -0.742. The molecule has 1 atom stereocenters. The molecule has 0 fully saturated rings. The third-order valence-electron chi connectivity index (χ3n) is 2.43. The van der Waals surface area contributed by atoms with Crippen LogP contribution in [0.15, 0.2) is 40.9 Å². The van der Waals surface area contributed by atoms with Crippen LogP contribution in [0.1, 0.15) is 18.9 Å². The van der Waals surface area contributed by atoms with Crippen LogP contribution < -0.4 is 0 Å². The molecular formula is C13H15BrO2. The van der Waals surface area contributed by atoms with Crippen molar-refractivity contribution in [3.05, 3.63) is 46.5 Å². The summed E-state index contributed by atoms with van der Waals surface area (Å²) in [6.45, 7) is 1.90. The van der Waals surface area contributed by atoms with E-state index in [1.54, 1.807) is 0 Å². The minimum absolute atomic E-state index is 0.352. The molecule has 0 aliphatic heterocycles. The van der Waals surface area contributed by atoms with E-state index in [1.165, 1.54) is 0 Å². The molecule has 0 amide bonds. The van der Waals surface area contributed by atoms with Crippen LogP contribution in [0.2, 0.25) is 0 Å². The van der Waals surface area contributed by atoms with E-state index in [0.717, 1.165) is 10.0 Å². The summed E-state index contributed by atoms with van der Waals surface area (Å²) in [5, 5.41) is 9.10. The largest absolute Gasteiger partial charge is 0.481 e. The molecule has 0 spiro atoms. The number of hydrogen-bond acceptors (Lipinski definition) is 1. The lowest BCUT2D eigenvalue weighted by atomic mass is 9.96. The van der Waals surface area contributed by atoms with E-state index >= 15 is 0 Å². The van der Waals surface area contributed by atoms with E-state index in [-0.39, 0.29) is 5.92 Å². The monoisotopic (exact) mass is 282 g/mol. The summed E-state index contributed by atoms with van der Waals surface area (Å²) in [4.78, 5) is 11.1. The van der Waals surface area contributed by atoms with Crippen LogP contribution in [-0.2, 0) is 11.2 Å². The molecule has 16 heavy (non-hydrogen) atoms. The molecule has 0 aliphatic rings. The lowest BCUT2D eigenvalue weighted by Gasteiger charge is -2.11. The van der Waals surface area contributed by atoms with Crippen molar-refractivity contribution in [1.82, 2.24) is 0 Å². The molecule has 0 radical (unpaired) electrons. The van der Waals surface area contributed by atoms with Gasteiger partial charge in [-0.05, 0) is 31.4 Å². The Morgan fingerprint density at radius 3 is 2.75 bits per heavy atom. The minimum Gasteiger partial charge on any atom is -0.481 e. The maximum Gasteiger partial charge on any atom is 0.307 e. The number of allylic oxidation sites excluding steroid dienone is 2. The summed E-state index contributed by atoms with van der Waals surface area (Å²) >= 11 is 3.43. The topological polar surface area (TPSA) is 37.3 Å². The maximum absolute atomic E-state index is 11.1. The normalized spacial score (nSPS) is 12.9. The van der Waals surface area contributed by atoms with Crippen molar-refractivity contribution in [2.24, 2.45) is 5.92 Å². The molecule has 2 nitrogen and oxygen atoms in total. The summed E-state index contributed by atoms with van der Waals surface area (Å²) in [7, 11) is 0. The molecule has 0 saturated heterocycles. The summed E-state index contributed by atoms with van der Waals surface area (Å²) < 4.78 is 0.974. The fraction of sp³-hybridized carbons (Fsp3) is 0.308. The zero-order valence-electron chi connectivity index (χ0n) is 9.19. The third-order valence-corrected chi connectivity index (χ3v) is 3.20. The number of benzene rings is 1. The molecule has 1 rings (SSSR count). The van der Waals surface area contributed by atoms with Crippen molar-refractivity contribution in [3.63, 3.8) is 0 Å². The van der Waals surface area contributed by atoms with Crippen LogP contribution >= 0.6 is 15.9 Å². The molecule has 0 heterocycles.